The van der Waals surface area contributed by atoms with Gasteiger partial charge in [-0.15, -0.1) is 11.8 Å². The lowest BCUT2D eigenvalue weighted by Gasteiger charge is -2.01. The van der Waals surface area contributed by atoms with Crippen LogP contribution in [0.2, 0.25) is 0 Å². The Balaban J connectivity index is 1.72. The number of aromatic nitrogens is 1. The van der Waals surface area contributed by atoms with E-state index in [4.69, 9.17) is 0 Å². The average Bonchev–Trinajstić information content (AvgIpc) is 2.79. The first-order chi connectivity index (χ1) is 10.5. The quantitative estimate of drug-likeness (QED) is 0.487. The first-order valence-electron chi connectivity index (χ1n) is 6.91. The van der Waals surface area contributed by atoms with E-state index in [-0.39, 0.29) is 11.7 Å². The van der Waals surface area contributed by atoms with Crippen molar-refractivity contribution < 1.29 is 9.18 Å². The lowest BCUT2D eigenvalue weighted by atomic mass is 10.3. The number of thioether (sulfide) groups is 1. The van der Waals surface area contributed by atoms with E-state index in [1.807, 2.05) is 19.9 Å². The Kier molecular flexibility index (Phi) is 5.77. The van der Waals surface area contributed by atoms with Crippen molar-refractivity contribution in [1.29, 1.82) is 0 Å². The van der Waals surface area contributed by atoms with Crippen molar-refractivity contribution in [3.05, 3.63) is 53.1 Å². The topological polar surface area (TPSA) is 57.2 Å². The van der Waals surface area contributed by atoms with Gasteiger partial charge >= 0.3 is 0 Å². The molecule has 1 amide bonds. The molecule has 0 aliphatic heterocycles. The van der Waals surface area contributed by atoms with Crippen LogP contribution >= 0.6 is 11.8 Å². The molecule has 22 heavy (non-hydrogen) atoms. The normalized spacial score (nSPS) is 11.0. The number of carbonyl (C=O) groups is 1. The van der Waals surface area contributed by atoms with Crippen LogP contribution < -0.4 is 5.43 Å². The lowest BCUT2D eigenvalue weighted by molar-refractivity contribution is -0.120. The van der Waals surface area contributed by atoms with Gasteiger partial charge in [0.1, 0.15) is 5.82 Å². The Morgan fingerprint density at radius 3 is 2.73 bits per heavy atom. The van der Waals surface area contributed by atoms with Gasteiger partial charge in [-0.05, 0) is 44.2 Å². The molecule has 0 saturated heterocycles. The van der Waals surface area contributed by atoms with Crippen molar-refractivity contribution in [2.45, 2.75) is 25.2 Å². The van der Waals surface area contributed by atoms with Gasteiger partial charge in [-0.1, -0.05) is 0 Å². The average molecular weight is 319 g/mol. The molecular formula is C16H18FN3OS. The van der Waals surface area contributed by atoms with E-state index < -0.39 is 0 Å². The molecule has 0 unspecified atom stereocenters. The van der Waals surface area contributed by atoms with Crippen LogP contribution in [0.4, 0.5) is 4.39 Å². The smallest absolute Gasteiger partial charge is 0.240 e. The molecule has 0 spiro atoms. The lowest BCUT2D eigenvalue weighted by Crippen LogP contribution is -2.17. The second kappa shape index (κ2) is 7.79. The Hall–Kier alpha value is -2.08. The van der Waals surface area contributed by atoms with Gasteiger partial charge in [0.15, 0.2) is 0 Å². The fraction of sp³-hybridized carbons (Fsp3) is 0.250. The van der Waals surface area contributed by atoms with Gasteiger partial charge in [0.05, 0.1) is 6.21 Å². The van der Waals surface area contributed by atoms with Crippen molar-refractivity contribution in [3.63, 3.8) is 0 Å². The SMILES string of the molecule is Cc1cc(/C=N/NC(=O)CCSc2ccc(F)cc2)c(C)[nH]1. The number of hydrogen-bond acceptors (Lipinski definition) is 3. The fourth-order valence-corrected chi connectivity index (χ4v) is 2.75. The molecule has 0 aliphatic rings. The van der Waals surface area contributed by atoms with Crippen LogP contribution in [0.5, 0.6) is 0 Å². The molecule has 116 valence electrons. The molecule has 4 nitrogen and oxygen atoms in total. The van der Waals surface area contributed by atoms with Crippen molar-refractivity contribution in [1.82, 2.24) is 10.4 Å². The monoisotopic (exact) mass is 319 g/mol. The molecule has 0 saturated carbocycles. The Bertz CT molecular complexity index is 665. The molecule has 0 bridgehead atoms. The third kappa shape index (κ3) is 5.04. The molecule has 2 rings (SSSR count). The van der Waals surface area contributed by atoms with Crippen LogP contribution in [0.1, 0.15) is 23.4 Å². The highest BCUT2D eigenvalue weighted by Crippen LogP contribution is 2.18. The molecule has 0 radical (unpaired) electrons. The van der Waals surface area contributed by atoms with Gasteiger partial charge in [0.25, 0.3) is 0 Å². The summed E-state index contributed by atoms with van der Waals surface area (Å²) in [7, 11) is 0. The van der Waals surface area contributed by atoms with Crippen LogP contribution in [-0.2, 0) is 4.79 Å². The first kappa shape index (κ1) is 16.3. The third-order valence-corrected chi connectivity index (χ3v) is 4.01. The van der Waals surface area contributed by atoms with Gasteiger partial charge in [0, 0.05) is 34.0 Å². The number of amides is 1. The van der Waals surface area contributed by atoms with E-state index in [2.05, 4.69) is 15.5 Å². The van der Waals surface area contributed by atoms with Crippen LogP contribution in [0.25, 0.3) is 0 Å². The number of hydrogen-bond donors (Lipinski definition) is 2. The second-order valence-electron chi connectivity index (χ2n) is 4.88. The van der Waals surface area contributed by atoms with Crippen molar-refractivity contribution in [2.75, 3.05) is 5.75 Å². The number of H-pyrrole nitrogens is 1. The predicted octanol–water partition coefficient (Wildman–Crippen LogP) is 3.40. The molecule has 1 aromatic heterocycles. The summed E-state index contributed by atoms with van der Waals surface area (Å²) in [5.41, 5.74) is 5.54. The minimum atomic E-state index is -0.258. The highest BCUT2D eigenvalue weighted by molar-refractivity contribution is 7.99. The first-order valence-corrected chi connectivity index (χ1v) is 7.89. The summed E-state index contributed by atoms with van der Waals surface area (Å²) in [5.74, 6) is 0.220. The van der Waals surface area contributed by atoms with Gasteiger partial charge in [-0.25, -0.2) is 9.82 Å². The Morgan fingerprint density at radius 1 is 1.36 bits per heavy atom. The van der Waals surface area contributed by atoms with Crippen LogP contribution in [0.3, 0.4) is 0 Å². The molecule has 0 atom stereocenters. The van der Waals surface area contributed by atoms with Gasteiger partial charge < -0.3 is 4.98 Å². The molecule has 6 heteroatoms. The van der Waals surface area contributed by atoms with Crippen LogP contribution in [0.15, 0.2) is 40.3 Å². The molecule has 0 fully saturated rings. The summed E-state index contributed by atoms with van der Waals surface area (Å²) >= 11 is 1.51. The standard InChI is InChI=1S/C16H18FN3OS/c1-11-9-13(12(2)19-11)10-18-20-16(21)7-8-22-15-5-3-14(17)4-6-15/h3-6,9-10,19H,7-8H2,1-2H3,(H,20,21)/b18-10+. The summed E-state index contributed by atoms with van der Waals surface area (Å²) in [6.07, 6.45) is 1.98. The van der Waals surface area contributed by atoms with Gasteiger partial charge in [0.2, 0.25) is 5.91 Å². The Morgan fingerprint density at radius 2 is 2.09 bits per heavy atom. The maximum Gasteiger partial charge on any atom is 0.240 e. The third-order valence-electron chi connectivity index (χ3n) is 2.99. The largest absolute Gasteiger partial charge is 0.362 e. The maximum absolute atomic E-state index is 12.8. The number of aromatic amines is 1. The molecule has 1 heterocycles. The predicted molar refractivity (Wildman–Crippen MR) is 87.7 cm³/mol. The summed E-state index contributed by atoms with van der Waals surface area (Å²) in [5, 5.41) is 3.95. The minimum Gasteiger partial charge on any atom is -0.362 e. The maximum atomic E-state index is 12.8. The number of aryl methyl sites for hydroxylation is 2. The highest BCUT2D eigenvalue weighted by Gasteiger charge is 2.02. The molecular weight excluding hydrogens is 301 g/mol. The van der Waals surface area contributed by atoms with Crippen molar-refractivity contribution in [3.8, 4) is 0 Å². The molecule has 2 aromatic rings. The van der Waals surface area contributed by atoms with E-state index >= 15 is 0 Å². The molecule has 0 aliphatic carbocycles. The minimum absolute atomic E-state index is 0.143. The number of hydrazone groups is 1. The number of halogens is 1. The van der Waals surface area contributed by atoms with Crippen LogP contribution in [-0.4, -0.2) is 22.9 Å². The van der Waals surface area contributed by atoms with Gasteiger partial charge in [-0.2, -0.15) is 5.10 Å². The second-order valence-corrected chi connectivity index (χ2v) is 6.05. The summed E-state index contributed by atoms with van der Waals surface area (Å²) in [4.78, 5) is 15.8. The van der Waals surface area contributed by atoms with E-state index in [9.17, 15) is 9.18 Å². The summed E-state index contributed by atoms with van der Waals surface area (Å²) in [6.45, 7) is 3.92. The van der Waals surface area contributed by atoms with Crippen LogP contribution in [0, 0.1) is 19.7 Å². The number of benzene rings is 1. The van der Waals surface area contributed by atoms with E-state index in [1.54, 1.807) is 18.3 Å². The van der Waals surface area contributed by atoms with E-state index in [0.717, 1.165) is 21.8 Å². The number of nitrogens with zero attached hydrogens (tertiary/aromatic N) is 1. The Labute approximate surface area is 133 Å². The number of carbonyl (C=O) groups excluding carboxylic acids is 1. The molecule has 2 N–H and O–H groups in total. The zero-order valence-electron chi connectivity index (χ0n) is 12.5. The molecule has 1 aromatic carbocycles. The summed E-state index contributed by atoms with van der Waals surface area (Å²) in [6, 6.07) is 8.19. The van der Waals surface area contributed by atoms with Crippen molar-refractivity contribution >= 4 is 23.9 Å². The zero-order valence-corrected chi connectivity index (χ0v) is 13.3. The van der Waals surface area contributed by atoms with Gasteiger partial charge in [-0.3, -0.25) is 4.79 Å². The number of rotatable bonds is 6. The van der Waals surface area contributed by atoms with E-state index in [0.29, 0.717) is 12.2 Å². The summed E-state index contributed by atoms with van der Waals surface area (Å²) < 4.78 is 12.8. The highest BCUT2D eigenvalue weighted by atomic mass is 32.2. The fourth-order valence-electron chi connectivity index (χ4n) is 1.90. The zero-order chi connectivity index (χ0) is 15.9. The number of nitrogens with one attached hydrogen (secondary N) is 2. The van der Waals surface area contributed by atoms with E-state index in [1.165, 1.54) is 23.9 Å². The van der Waals surface area contributed by atoms with Crippen molar-refractivity contribution in [2.24, 2.45) is 5.10 Å².